The van der Waals surface area contributed by atoms with E-state index in [4.69, 9.17) is 0 Å². The summed E-state index contributed by atoms with van der Waals surface area (Å²) in [6.45, 7) is 5.54. The molecular formula is C10H15N3OS. The number of hydrogen-bond acceptors (Lipinski definition) is 4. The average Bonchev–Trinajstić information content (AvgIpc) is 2.48. The maximum atomic E-state index is 11.6. The fourth-order valence-electron chi connectivity index (χ4n) is 1.44. The molecule has 1 amide bonds. The lowest BCUT2D eigenvalue weighted by molar-refractivity contribution is -0.127. The van der Waals surface area contributed by atoms with Crippen molar-refractivity contribution in [2.75, 3.05) is 13.1 Å². The molecule has 1 aromatic rings. The highest BCUT2D eigenvalue weighted by Crippen LogP contribution is 2.18. The van der Waals surface area contributed by atoms with Crippen LogP contribution in [0.4, 0.5) is 0 Å². The van der Waals surface area contributed by atoms with E-state index in [-0.39, 0.29) is 17.9 Å². The lowest BCUT2D eigenvalue weighted by Crippen LogP contribution is -2.51. The number of nitrogens with one attached hydrogen (secondary N) is 2. The Bertz CT molecular complexity index is 359. The normalized spacial score (nSPS) is 18.3. The van der Waals surface area contributed by atoms with Crippen molar-refractivity contribution in [3.05, 3.63) is 16.1 Å². The molecule has 0 radical (unpaired) electrons. The maximum absolute atomic E-state index is 11.6. The van der Waals surface area contributed by atoms with Gasteiger partial charge in [0, 0.05) is 24.2 Å². The van der Waals surface area contributed by atoms with Crippen molar-refractivity contribution in [2.45, 2.75) is 19.9 Å². The quantitative estimate of drug-likeness (QED) is 0.802. The Kier molecular flexibility index (Phi) is 3.02. The lowest BCUT2D eigenvalue weighted by Gasteiger charge is -2.27. The maximum Gasteiger partial charge on any atom is 0.226 e. The van der Waals surface area contributed by atoms with E-state index in [0.717, 1.165) is 23.8 Å². The van der Waals surface area contributed by atoms with Crippen molar-refractivity contribution < 1.29 is 4.79 Å². The molecule has 1 unspecified atom stereocenters. The number of amides is 1. The summed E-state index contributed by atoms with van der Waals surface area (Å²) in [5.74, 6) is 0.280. The molecule has 2 N–H and O–H groups in total. The molecule has 0 saturated carbocycles. The molecule has 4 nitrogen and oxygen atoms in total. The molecule has 15 heavy (non-hydrogen) atoms. The van der Waals surface area contributed by atoms with E-state index in [1.807, 2.05) is 19.2 Å². The molecule has 0 aromatic carbocycles. The Balaban J connectivity index is 1.91. The molecular weight excluding hydrogens is 210 g/mol. The Hall–Kier alpha value is -0.940. The van der Waals surface area contributed by atoms with Crippen LogP contribution in [0.3, 0.4) is 0 Å². The number of carbonyl (C=O) groups excluding carboxylic acids is 1. The zero-order valence-electron chi connectivity index (χ0n) is 8.91. The number of carbonyl (C=O) groups is 1. The van der Waals surface area contributed by atoms with Crippen molar-refractivity contribution in [1.82, 2.24) is 15.6 Å². The van der Waals surface area contributed by atoms with E-state index in [0.29, 0.717) is 0 Å². The van der Waals surface area contributed by atoms with E-state index in [2.05, 4.69) is 15.6 Å². The van der Waals surface area contributed by atoms with Crippen LogP contribution in [-0.2, 0) is 4.79 Å². The van der Waals surface area contributed by atoms with E-state index in [9.17, 15) is 4.79 Å². The van der Waals surface area contributed by atoms with Gasteiger partial charge in [0.2, 0.25) is 5.91 Å². The van der Waals surface area contributed by atoms with Gasteiger partial charge in [0.05, 0.1) is 12.0 Å². The van der Waals surface area contributed by atoms with Crippen molar-refractivity contribution >= 4 is 17.2 Å². The first-order chi connectivity index (χ1) is 7.16. The lowest BCUT2D eigenvalue weighted by atomic mass is 10.0. The first-order valence-corrected chi connectivity index (χ1v) is 5.98. The summed E-state index contributed by atoms with van der Waals surface area (Å²) in [6.07, 6.45) is 0. The second-order valence-corrected chi connectivity index (χ2v) is 4.80. The number of aryl methyl sites for hydroxylation is 1. The molecule has 0 bridgehead atoms. The summed E-state index contributed by atoms with van der Waals surface area (Å²) in [5, 5.41) is 9.05. The smallest absolute Gasteiger partial charge is 0.226 e. The van der Waals surface area contributed by atoms with Gasteiger partial charge in [-0.2, -0.15) is 0 Å². The van der Waals surface area contributed by atoms with Gasteiger partial charge >= 0.3 is 0 Å². The Labute approximate surface area is 93.1 Å². The fraction of sp³-hybridized carbons (Fsp3) is 0.600. The highest BCUT2D eigenvalue weighted by atomic mass is 32.1. The highest BCUT2D eigenvalue weighted by molar-refractivity contribution is 7.09. The van der Waals surface area contributed by atoms with Gasteiger partial charge in [-0.3, -0.25) is 4.79 Å². The molecule has 1 saturated heterocycles. The second-order valence-electron chi connectivity index (χ2n) is 3.91. The van der Waals surface area contributed by atoms with Crippen LogP contribution >= 0.6 is 11.3 Å². The van der Waals surface area contributed by atoms with Gasteiger partial charge < -0.3 is 10.6 Å². The molecule has 1 fully saturated rings. The fourth-order valence-corrected chi connectivity index (χ4v) is 2.24. The standard InChI is InChI=1S/C10H15N3OS/c1-6-5-15-10(12-6)7(2)13-9(14)8-3-11-4-8/h5,7-8,11H,3-4H2,1-2H3,(H,13,14). The third-order valence-corrected chi connectivity index (χ3v) is 3.66. The van der Waals surface area contributed by atoms with Crippen LogP contribution in [0.15, 0.2) is 5.38 Å². The molecule has 2 heterocycles. The van der Waals surface area contributed by atoms with Crippen molar-refractivity contribution in [3.8, 4) is 0 Å². The minimum atomic E-state index is 0.0248. The third-order valence-electron chi connectivity index (χ3n) is 2.52. The van der Waals surface area contributed by atoms with Gasteiger partial charge in [-0.05, 0) is 13.8 Å². The molecule has 82 valence electrons. The van der Waals surface area contributed by atoms with Gasteiger partial charge in [-0.15, -0.1) is 11.3 Å². The van der Waals surface area contributed by atoms with Crippen LogP contribution in [0.1, 0.15) is 23.7 Å². The Morgan fingerprint density at radius 1 is 1.73 bits per heavy atom. The predicted octanol–water partition coefficient (Wildman–Crippen LogP) is 0.848. The molecule has 1 aliphatic heterocycles. The molecule has 0 spiro atoms. The average molecular weight is 225 g/mol. The second kappa shape index (κ2) is 4.28. The van der Waals surface area contributed by atoms with Gasteiger partial charge in [-0.1, -0.05) is 0 Å². The molecule has 1 aliphatic rings. The summed E-state index contributed by atoms with van der Waals surface area (Å²) < 4.78 is 0. The van der Waals surface area contributed by atoms with E-state index in [1.165, 1.54) is 0 Å². The summed E-state index contributed by atoms with van der Waals surface area (Å²) in [5.41, 5.74) is 1.02. The Morgan fingerprint density at radius 2 is 2.47 bits per heavy atom. The van der Waals surface area contributed by atoms with Crippen LogP contribution in [-0.4, -0.2) is 24.0 Å². The van der Waals surface area contributed by atoms with E-state index in [1.54, 1.807) is 11.3 Å². The minimum absolute atomic E-state index is 0.0248. The van der Waals surface area contributed by atoms with Crippen LogP contribution in [0.25, 0.3) is 0 Å². The van der Waals surface area contributed by atoms with Gasteiger partial charge in [0.15, 0.2) is 0 Å². The molecule has 1 aromatic heterocycles. The summed E-state index contributed by atoms with van der Waals surface area (Å²) in [4.78, 5) is 16.0. The molecule has 5 heteroatoms. The third kappa shape index (κ3) is 2.35. The van der Waals surface area contributed by atoms with E-state index >= 15 is 0 Å². The topological polar surface area (TPSA) is 54.0 Å². The zero-order valence-corrected chi connectivity index (χ0v) is 9.73. The minimum Gasteiger partial charge on any atom is -0.347 e. The van der Waals surface area contributed by atoms with Gasteiger partial charge in [0.25, 0.3) is 0 Å². The SMILES string of the molecule is Cc1csc(C(C)NC(=O)C2CNC2)n1. The van der Waals surface area contributed by atoms with E-state index < -0.39 is 0 Å². The number of rotatable bonds is 3. The summed E-state index contributed by atoms with van der Waals surface area (Å²) in [7, 11) is 0. The monoisotopic (exact) mass is 225 g/mol. The van der Waals surface area contributed by atoms with Gasteiger partial charge in [-0.25, -0.2) is 4.98 Å². The molecule has 0 aliphatic carbocycles. The van der Waals surface area contributed by atoms with Crippen molar-refractivity contribution in [2.24, 2.45) is 5.92 Å². The molecule has 1 atom stereocenters. The van der Waals surface area contributed by atoms with Gasteiger partial charge in [0.1, 0.15) is 5.01 Å². The number of thiazole rings is 1. The van der Waals surface area contributed by atoms with Crippen molar-refractivity contribution in [3.63, 3.8) is 0 Å². The van der Waals surface area contributed by atoms with Crippen LogP contribution in [0.2, 0.25) is 0 Å². The number of aromatic nitrogens is 1. The first-order valence-electron chi connectivity index (χ1n) is 5.10. The van der Waals surface area contributed by atoms with Crippen LogP contribution in [0.5, 0.6) is 0 Å². The largest absolute Gasteiger partial charge is 0.347 e. The number of nitrogens with zero attached hydrogens (tertiary/aromatic N) is 1. The van der Waals surface area contributed by atoms with Crippen LogP contribution < -0.4 is 10.6 Å². The Morgan fingerprint density at radius 3 is 2.93 bits per heavy atom. The highest BCUT2D eigenvalue weighted by Gasteiger charge is 2.26. The first kappa shape index (κ1) is 10.6. The number of hydrogen-bond donors (Lipinski definition) is 2. The van der Waals surface area contributed by atoms with Crippen LogP contribution in [0, 0.1) is 12.8 Å². The summed E-state index contributed by atoms with van der Waals surface area (Å²) >= 11 is 1.60. The zero-order chi connectivity index (χ0) is 10.8. The molecule has 2 rings (SSSR count). The van der Waals surface area contributed by atoms with Crippen molar-refractivity contribution in [1.29, 1.82) is 0 Å². The summed E-state index contributed by atoms with van der Waals surface area (Å²) in [6, 6.07) is 0.0248. The predicted molar refractivity (Wildman–Crippen MR) is 59.8 cm³/mol.